The van der Waals surface area contributed by atoms with Gasteiger partial charge in [0.2, 0.25) is 11.9 Å². The Morgan fingerprint density at radius 2 is 2.37 bits per heavy atom. The van der Waals surface area contributed by atoms with Gasteiger partial charge in [-0.1, -0.05) is 0 Å². The standard InChI is InChI=1S/C10H16N6O3/c1-19-10-13-9(14-15-10)12-7(17)6-3-2-4-16(5-6)8(11)18/h6H,2-5H2,1H3,(H2,11,18)(H2,12,13,14,15,17). The SMILES string of the molecule is COc1n[nH]c(NC(=O)C2CCCN(C(N)=O)C2)n1. The van der Waals surface area contributed by atoms with Gasteiger partial charge in [-0.05, 0) is 12.8 Å². The lowest BCUT2D eigenvalue weighted by atomic mass is 9.97. The van der Waals surface area contributed by atoms with Crippen LogP contribution in [-0.4, -0.2) is 52.2 Å². The Balaban J connectivity index is 1.93. The number of carbonyl (C=O) groups is 2. The molecule has 1 fully saturated rings. The second-order valence-electron chi connectivity index (χ2n) is 4.28. The van der Waals surface area contributed by atoms with Crippen molar-refractivity contribution in [3.63, 3.8) is 0 Å². The molecule has 9 heteroatoms. The summed E-state index contributed by atoms with van der Waals surface area (Å²) >= 11 is 0. The van der Waals surface area contributed by atoms with Crippen LogP contribution in [0.15, 0.2) is 0 Å². The molecule has 0 aromatic carbocycles. The van der Waals surface area contributed by atoms with Gasteiger partial charge >= 0.3 is 12.0 Å². The number of hydrogen-bond donors (Lipinski definition) is 3. The maximum Gasteiger partial charge on any atom is 0.336 e. The number of aromatic nitrogens is 3. The smallest absolute Gasteiger partial charge is 0.336 e. The number of nitrogens with two attached hydrogens (primary N) is 1. The van der Waals surface area contributed by atoms with E-state index in [0.717, 1.165) is 6.42 Å². The number of likely N-dealkylation sites (tertiary alicyclic amines) is 1. The van der Waals surface area contributed by atoms with E-state index in [1.807, 2.05) is 0 Å². The van der Waals surface area contributed by atoms with Crippen molar-refractivity contribution < 1.29 is 14.3 Å². The number of nitrogens with one attached hydrogen (secondary N) is 2. The summed E-state index contributed by atoms with van der Waals surface area (Å²) in [5.74, 6) is -0.292. The molecule has 4 N–H and O–H groups in total. The number of aromatic amines is 1. The Bertz CT molecular complexity index is 474. The van der Waals surface area contributed by atoms with Gasteiger partial charge in [0, 0.05) is 13.1 Å². The van der Waals surface area contributed by atoms with Gasteiger partial charge < -0.3 is 15.4 Å². The van der Waals surface area contributed by atoms with Gasteiger partial charge in [-0.3, -0.25) is 10.1 Å². The van der Waals surface area contributed by atoms with Crippen molar-refractivity contribution in [3.8, 4) is 6.01 Å². The first-order valence-electron chi connectivity index (χ1n) is 5.91. The van der Waals surface area contributed by atoms with E-state index >= 15 is 0 Å². The third-order valence-electron chi connectivity index (χ3n) is 2.99. The number of hydrogen-bond acceptors (Lipinski definition) is 5. The van der Waals surface area contributed by atoms with Crippen molar-refractivity contribution in [1.82, 2.24) is 20.1 Å². The molecule has 9 nitrogen and oxygen atoms in total. The molecule has 2 heterocycles. The van der Waals surface area contributed by atoms with Crippen LogP contribution in [0.4, 0.5) is 10.7 Å². The normalized spacial score (nSPS) is 19.0. The van der Waals surface area contributed by atoms with Crippen LogP contribution in [0.2, 0.25) is 0 Å². The van der Waals surface area contributed by atoms with E-state index in [1.165, 1.54) is 12.0 Å². The van der Waals surface area contributed by atoms with E-state index in [9.17, 15) is 9.59 Å². The van der Waals surface area contributed by atoms with Crippen LogP contribution in [0, 0.1) is 5.92 Å². The second-order valence-corrected chi connectivity index (χ2v) is 4.28. The van der Waals surface area contributed by atoms with Gasteiger partial charge in [0.05, 0.1) is 13.0 Å². The summed E-state index contributed by atoms with van der Waals surface area (Å²) < 4.78 is 4.80. The minimum atomic E-state index is -0.501. The Labute approximate surface area is 109 Å². The maximum absolute atomic E-state index is 12.0. The molecule has 0 saturated carbocycles. The zero-order valence-electron chi connectivity index (χ0n) is 10.5. The van der Waals surface area contributed by atoms with Gasteiger partial charge in [0.25, 0.3) is 0 Å². The average molecular weight is 268 g/mol. The predicted molar refractivity (Wildman–Crippen MR) is 65.4 cm³/mol. The van der Waals surface area contributed by atoms with E-state index in [1.54, 1.807) is 0 Å². The first-order valence-corrected chi connectivity index (χ1v) is 5.91. The highest BCUT2D eigenvalue weighted by molar-refractivity contribution is 5.91. The van der Waals surface area contributed by atoms with Gasteiger partial charge in [0.1, 0.15) is 0 Å². The lowest BCUT2D eigenvalue weighted by molar-refractivity contribution is -0.121. The fraction of sp³-hybridized carbons (Fsp3) is 0.600. The van der Waals surface area contributed by atoms with Gasteiger partial charge in [-0.25, -0.2) is 9.89 Å². The molecule has 1 aromatic rings. The number of primary amides is 1. The second kappa shape index (κ2) is 5.55. The summed E-state index contributed by atoms with van der Waals surface area (Å²) in [4.78, 5) is 28.5. The summed E-state index contributed by atoms with van der Waals surface area (Å²) in [7, 11) is 1.43. The third-order valence-corrected chi connectivity index (χ3v) is 2.99. The van der Waals surface area contributed by atoms with Crippen molar-refractivity contribution in [3.05, 3.63) is 0 Å². The molecule has 2 rings (SSSR count). The van der Waals surface area contributed by atoms with E-state index in [-0.39, 0.29) is 23.8 Å². The number of urea groups is 1. The first-order chi connectivity index (χ1) is 9.10. The maximum atomic E-state index is 12.0. The molecule has 0 bridgehead atoms. The van der Waals surface area contributed by atoms with E-state index in [0.29, 0.717) is 19.5 Å². The quantitative estimate of drug-likeness (QED) is 0.684. The Kier molecular flexibility index (Phi) is 3.83. The molecule has 1 aliphatic rings. The molecule has 1 atom stereocenters. The molecule has 19 heavy (non-hydrogen) atoms. The third kappa shape index (κ3) is 3.12. The van der Waals surface area contributed by atoms with Crippen molar-refractivity contribution >= 4 is 17.9 Å². The summed E-state index contributed by atoms with van der Waals surface area (Å²) in [5.41, 5.74) is 5.21. The number of anilines is 1. The Morgan fingerprint density at radius 3 is 3.00 bits per heavy atom. The summed E-state index contributed by atoms with van der Waals surface area (Å²) in [6.07, 6.45) is 1.46. The van der Waals surface area contributed by atoms with Gasteiger partial charge in [-0.15, -0.1) is 5.10 Å². The topological polar surface area (TPSA) is 126 Å². The fourth-order valence-electron chi connectivity index (χ4n) is 2.00. The molecule has 1 aliphatic heterocycles. The number of rotatable bonds is 3. The van der Waals surface area contributed by atoms with E-state index in [2.05, 4.69) is 20.5 Å². The molecule has 3 amide bonds. The Hall–Kier alpha value is -2.32. The van der Waals surface area contributed by atoms with Gasteiger partial charge in [-0.2, -0.15) is 4.98 Å². The van der Waals surface area contributed by atoms with Crippen LogP contribution >= 0.6 is 0 Å². The zero-order valence-corrected chi connectivity index (χ0v) is 10.5. The highest BCUT2D eigenvalue weighted by Crippen LogP contribution is 2.18. The minimum Gasteiger partial charge on any atom is -0.466 e. The highest BCUT2D eigenvalue weighted by Gasteiger charge is 2.27. The molecule has 1 saturated heterocycles. The lowest BCUT2D eigenvalue weighted by Crippen LogP contribution is -2.46. The number of piperidine rings is 1. The molecular formula is C10H16N6O3. The van der Waals surface area contributed by atoms with Crippen LogP contribution in [0.5, 0.6) is 6.01 Å². The van der Waals surface area contributed by atoms with Crippen molar-refractivity contribution in [1.29, 1.82) is 0 Å². The number of amides is 3. The van der Waals surface area contributed by atoms with Crippen molar-refractivity contribution in [2.75, 3.05) is 25.5 Å². The van der Waals surface area contributed by atoms with Crippen LogP contribution in [0.1, 0.15) is 12.8 Å². The number of nitrogens with zero attached hydrogens (tertiary/aromatic N) is 3. The molecule has 104 valence electrons. The average Bonchev–Trinajstić information content (AvgIpc) is 2.86. The van der Waals surface area contributed by atoms with Crippen LogP contribution in [0.3, 0.4) is 0 Å². The predicted octanol–water partition coefficient (Wildman–Crippen LogP) is -0.457. The van der Waals surface area contributed by atoms with Crippen LogP contribution in [-0.2, 0) is 4.79 Å². The number of ether oxygens (including phenoxy) is 1. The molecule has 0 spiro atoms. The lowest BCUT2D eigenvalue weighted by Gasteiger charge is -2.30. The first kappa shape index (κ1) is 13.1. The van der Waals surface area contributed by atoms with E-state index in [4.69, 9.17) is 10.5 Å². The zero-order chi connectivity index (χ0) is 13.8. The number of methoxy groups -OCH3 is 1. The Morgan fingerprint density at radius 1 is 1.58 bits per heavy atom. The van der Waals surface area contributed by atoms with Crippen LogP contribution < -0.4 is 15.8 Å². The van der Waals surface area contributed by atoms with E-state index < -0.39 is 6.03 Å². The largest absolute Gasteiger partial charge is 0.466 e. The summed E-state index contributed by atoms with van der Waals surface area (Å²) in [6.45, 7) is 0.918. The number of carbonyl (C=O) groups excluding carboxylic acids is 2. The van der Waals surface area contributed by atoms with Gasteiger partial charge in [0.15, 0.2) is 0 Å². The van der Waals surface area contributed by atoms with Crippen molar-refractivity contribution in [2.45, 2.75) is 12.8 Å². The summed E-state index contributed by atoms with van der Waals surface area (Å²) in [5, 5.41) is 8.85. The molecular weight excluding hydrogens is 252 g/mol. The number of H-pyrrole nitrogens is 1. The molecule has 1 aromatic heterocycles. The minimum absolute atomic E-state index is 0.151. The molecule has 1 unspecified atom stereocenters. The van der Waals surface area contributed by atoms with Crippen molar-refractivity contribution in [2.24, 2.45) is 11.7 Å². The molecule has 0 aliphatic carbocycles. The monoisotopic (exact) mass is 268 g/mol. The van der Waals surface area contributed by atoms with Crippen LogP contribution in [0.25, 0.3) is 0 Å². The molecule has 0 radical (unpaired) electrons. The highest BCUT2D eigenvalue weighted by atomic mass is 16.5. The fourth-order valence-corrected chi connectivity index (χ4v) is 2.00. The summed E-state index contributed by atoms with van der Waals surface area (Å²) in [6, 6.07) is -0.350.